The second kappa shape index (κ2) is 4.20. The van der Waals surface area contributed by atoms with Crippen LogP contribution in [0.5, 0.6) is 0 Å². The van der Waals surface area contributed by atoms with Crippen LogP contribution in [-0.4, -0.2) is 6.43 Å². The van der Waals surface area contributed by atoms with E-state index in [-0.39, 0.29) is 5.92 Å². The predicted molar refractivity (Wildman–Crippen MR) is 46.0 cm³/mol. The molecule has 0 spiro atoms. The Morgan fingerprint density at radius 1 is 1.25 bits per heavy atom. The van der Waals surface area contributed by atoms with Gasteiger partial charge in [0.1, 0.15) is 0 Å². The fourth-order valence-electron chi connectivity index (χ4n) is 1.98. The summed E-state index contributed by atoms with van der Waals surface area (Å²) in [6.07, 6.45) is 1.42. The summed E-state index contributed by atoms with van der Waals surface area (Å²) in [5.41, 5.74) is 0. The quantitative estimate of drug-likeness (QED) is 0.600. The number of halogens is 2. The van der Waals surface area contributed by atoms with Crippen molar-refractivity contribution in [3.05, 3.63) is 5.92 Å². The Morgan fingerprint density at radius 3 is 2.42 bits per heavy atom. The van der Waals surface area contributed by atoms with E-state index in [1.165, 1.54) is 5.92 Å². The van der Waals surface area contributed by atoms with Gasteiger partial charge in [0.05, 0.1) is 0 Å². The summed E-state index contributed by atoms with van der Waals surface area (Å²) in [4.78, 5) is 0. The summed E-state index contributed by atoms with van der Waals surface area (Å²) in [6.45, 7) is 4.11. The summed E-state index contributed by atoms with van der Waals surface area (Å²) in [5.74, 6) is 1.44. The SMILES string of the molecule is C[C](C)C1CCCC(C(F)F)C1. The molecule has 0 aromatic heterocycles. The van der Waals surface area contributed by atoms with Crippen molar-refractivity contribution < 1.29 is 8.78 Å². The van der Waals surface area contributed by atoms with E-state index < -0.39 is 6.43 Å². The van der Waals surface area contributed by atoms with Crippen molar-refractivity contribution in [1.29, 1.82) is 0 Å². The summed E-state index contributed by atoms with van der Waals surface area (Å²) in [6, 6.07) is 0. The smallest absolute Gasteiger partial charge is 0.210 e. The van der Waals surface area contributed by atoms with Gasteiger partial charge < -0.3 is 0 Å². The molecule has 2 unspecified atom stereocenters. The van der Waals surface area contributed by atoms with Crippen LogP contribution in [0.4, 0.5) is 8.78 Å². The predicted octanol–water partition coefficient (Wildman–Crippen LogP) is 3.67. The molecule has 1 saturated carbocycles. The third-order valence-electron chi connectivity index (χ3n) is 2.89. The lowest BCUT2D eigenvalue weighted by atomic mass is 9.76. The van der Waals surface area contributed by atoms with Crippen LogP contribution in [0.25, 0.3) is 0 Å². The largest absolute Gasteiger partial charge is 0.241 e. The summed E-state index contributed by atoms with van der Waals surface area (Å²) < 4.78 is 24.7. The van der Waals surface area contributed by atoms with Crippen molar-refractivity contribution in [3.8, 4) is 0 Å². The summed E-state index contributed by atoms with van der Waals surface area (Å²) in [7, 11) is 0. The topological polar surface area (TPSA) is 0 Å². The lowest BCUT2D eigenvalue weighted by molar-refractivity contribution is 0.0441. The number of hydrogen-bond donors (Lipinski definition) is 0. The molecule has 2 heteroatoms. The fraction of sp³-hybridized carbons (Fsp3) is 0.900. The average molecular weight is 175 g/mol. The second-order valence-electron chi connectivity index (χ2n) is 4.04. The van der Waals surface area contributed by atoms with Crippen LogP contribution in [0, 0.1) is 17.8 Å². The maximum atomic E-state index is 12.3. The van der Waals surface area contributed by atoms with Gasteiger partial charge in [0.25, 0.3) is 0 Å². The summed E-state index contributed by atoms with van der Waals surface area (Å²) >= 11 is 0. The Bertz CT molecular complexity index is 118. The van der Waals surface area contributed by atoms with Gasteiger partial charge in [-0.25, -0.2) is 8.78 Å². The number of hydrogen-bond acceptors (Lipinski definition) is 0. The molecule has 0 heterocycles. The van der Waals surface area contributed by atoms with Gasteiger partial charge in [-0.15, -0.1) is 0 Å². The van der Waals surface area contributed by atoms with Gasteiger partial charge >= 0.3 is 0 Å². The van der Waals surface area contributed by atoms with E-state index in [0.29, 0.717) is 12.3 Å². The fourth-order valence-corrected chi connectivity index (χ4v) is 1.98. The minimum absolute atomic E-state index is 0.335. The molecule has 0 aliphatic heterocycles. The van der Waals surface area contributed by atoms with Crippen LogP contribution in [0.3, 0.4) is 0 Å². The molecule has 1 fully saturated rings. The molecule has 1 rings (SSSR count). The van der Waals surface area contributed by atoms with Crippen LogP contribution >= 0.6 is 0 Å². The van der Waals surface area contributed by atoms with Crippen molar-refractivity contribution in [2.75, 3.05) is 0 Å². The Labute approximate surface area is 73.3 Å². The zero-order valence-electron chi connectivity index (χ0n) is 7.82. The first kappa shape index (κ1) is 9.94. The van der Waals surface area contributed by atoms with Crippen LogP contribution in [0.2, 0.25) is 0 Å². The molecule has 1 aliphatic carbocycles. The van der Waals surface area contributed by atoms with Gasteiger partial charge in [0.2, 0.25) is 6.43 Å². The monoisotopic (exact) mass is 175 g/mol. The van der Waals surface area contributed by atoms with Crippen molar-refractivity contribution >= 4 is 0 Å². The standard InChI is InChI=1S/C10H17F2/c1-7(2)8-4-3-5-9(6-8)10(11)12/h8-10H,3-6H2,1-2H3. The molecule has 2 atom stereocenters. The van der Waals surface area contributed by atoms with Crippen molar-refractivity contribution in [3.63, 3.8) is 0 Å². The zero-order chi connectivity index (χ0) is 9.14. The average Bonchev–Trinajstić information content (AvgIpc) is 2.04. The van der Waals surface area contributed by atoms with Crippen molar-refractivity contribution in [2.24, 2.45) is 11.8 Å². The normalized spacial score (nSPS) is 31.5. The first-order valence-corrected chi connectivity index (χ1v) is 4.69. The second-order valence-corrected chi connectivity index (χ2v) is 4.04. The molecule has 12 heavy (non-hydrogen) atoms. The van der Waals surface area contributed by atoms with E-state index in [1.807, 2.05) is 0 Å². The molecule has 0 bridgehead atoms. The first-order valence-electron chi connectivity index (χ1n) is 4.69. The Kier molecular flexibility index (Phi) is 3.48. The molecule has 71 valence electrons. The highest BCUT2D eigenvalue weighted by Crippen LogP contribution is 2.37. The highest BCUT2D eigenvalue weighted by Gasteiger charge is 2.29. The minimum Gasteiger partial charge on any atom is -0.210 e. The number of alkyl halides is 2. The highest BCUT2D eigenvalue weighted by atomic mass is 19.3. The molecule has 0 amide bonds. The van der Waals surface area contributed by atoms with Gasteiger partial charge in [-0.05, 0) is 31.1 Å². The van der Waals surface area contributed by atoms with E-state index >= 15 is 0 Å². The maximum Gasteiger partial charge on any atom is 0.241 e. The van der Waals surface area contributed by atoms with Crippen LogP contribution in [-0.2, 0) is 0 Å². The van der Waals surface area contributed by atoms with E-state index in [1.54, 1.807) is 0 Å². The Balaban J connectivity index is 2.40. The Hall–Kier alpha value is -0.140. The summed E-state index contributed by atoms with van der Waals surface area (Å²) in [5, 5.41) is 0. The Morgan fingerprint density at radius 2 is 1.92 bits per heavy atom. The van der Waals surface area contributed by atoms with E-state index in [0.717, 1.165) is 19.3 Å². The molecule has 1 aliphatic rings. The molecule has 0 nitrogen and oxygen atoms in total. The zero-order valence-corrected chi connectivity index (χ0v) is 7.82. The van der Waals surface area contributed by atoms with Gasteiger partial charge in [-0.2, -0.15) is 0 Å². The van der Waals surface area contributed by atoms with E-state index in [4.69, 9.17) is 0 Å². The molecule has 0 aromatic rings. The molecular formula is C10H17F2. The van der Waals surface area contributed by atoms with E-state index in [9.17, 15) is 8.78 Å². The number of rotatable bonds is 2. The molecule has 0 N–H and O–H groups in total. The van der Waals surface area contributed by atoms with Crippen LogP contribution in [0.1, 0.15) is 39.5 Å². The lowest BCUT2D eigenvalue weighted by Crippen LogP contribution is -2.23. The minimum atomic E-state index is -2.10. The van der Waals surface area contributed by atoms with Gasteiger partial charge in [-0.1, -0.05) is 20.3 Å². The maximum absolute atomic E-state index is 12.3. The first-order chi connectivity index (χ1) is 5.61. The lowest BCUT2D eigenvalue weighted by Gasteiger charge is -2.30. The highest BCUT2D eigenvalue weighted by molar-refractivity contribution is 4.91. The van der Waals surface area contributed by atoms with Crippen LogP contribution in [0.15, 0.2) is 0 Å². The molecular weight excluding hydrogens is 158 g/mol. The van der Waals surface area contributed by atoms with Crippen molar-refractivity contribution in [2.45, 2.75) is 46.0 Å². The molecule has 0 aromatic carbocycles. The third-order valence-corrected chi connectivity index (χ3v) is 2.89. The van der Waals surface area contributed by atoms with Gasteiger partial charge in [0.15, 0.2) is 0 Å². The third kappa shape index (κ3) is 2.43. The van der Waals surface area contributed by atoms with E-state index in [2.05, 4.69) is 13.8 Å². The van der Waals surface area contributed by atoms with Gasteiger partial charge in [0, 0.05) is 5.92 Å². The molecule has 0 saturated heterocycles. The van der Waals surface area contributed by atoms with Crippen molar-refractivity contribution in [1.82, 2.24) is 0 Å². The molecule has 1 radical (unpaired) electrons. The van der Waals surface area contributed by atoms with Gasteiger partial charge in [-0.3, -0.25) is 0 Å². The van der Waals surface area contributed by atoms with Crippen LogP contribution < -0.4 is 0 Å².